The number of hydrogen-bond donors (Lipinski definition) is 1. The molecule has 4 nitrogen and oxygen atoms in total. The van der Waals surface area contributed by atoms with Crippen LogP contribution in [0.15, 0.2) is 0 Å². The van der Waals surface area contributed by atoms with E-state index in [0.717, 1.165) is 6.42 Å². The lowest BCUT2D eigenvalue weighted by Crippen LogP contribution is -2.14. The molecule has 0 aromatic heterocycles. The maximum atomic E-state index is 12.5. The molecule has 0 aliphatic rings. The minimum atomic E-state index is -0.119. The highest BCUT2D eigenvalue weighted by Crippen LogP contribution is 2.43. The van der Waals surface area contributed by atoms with Gasteiger partial charge in [0.1, 0.15) is 22.8 Å². The van der Waals surface area contributed by atoms with Gasteiger partial charge in [0, 0.05) is 17.0 Å². The predicted molar refractivity (Wildman–Crippen MR) is 74.5 cm³/mol. The van der Waals surface area contributed by atoms with Crippen LogP contribution in [0.2, 0.25) is 0 Å². The van der Waals surface area contributed by atoms with Crippen molar-refractivity contribution in [3.05, 3.63) is 16.7 Å². The number of Topliss-reactive ketones (excluding diaryl/α,β-unsaturated/α-hetero) is 1. The Morgan fingerprint density at radius 2 is 1.58 bits per heavy atom. The van der Waals surface area contributed by atoms with E-state index in [1.54, 1.807) is 13.8 Å². The van der Waals surface area contributed by atoms with Crippen LogP contribution in [0.1, 0.15) is 41.8 Å². The van der Waals surface area contributed by atoms with Gasteiger partial charge < -0.3 is 14.6 Å². The highest BCUT2D eigenvalue weighted by Gasteiger charge is 2.28. The number of phenols is 1. The molecule has 0 aliphatic carbocycles. The standard InChI is InChI=1S/C15H22O4/c1-7-8(2)12(16)11-14(18-5)9(3)13(17)10(4)15(11)19-6/h8,17H,7H2,1-6H3. The average molecular weight is 266 g/mol. The zero-order valence-electron chi connectivity index (χ0n) is 12.5. The van der Waals surface area contributed by atoms with E-state index in [-0.39, 0.29) is 17.5 Å². The van der Waals surface area contributed by atoms with Gasteiger partial charge in [-0.1, -0.05) is 13.8 Å². The Balaban J connectivity index is 3.64. The molecular formula is C15H22O4. The third kappa shape index (κ3) is 2.53. The molecule has 0 bridgehead atoms. The van der Waals surface area contributed by atoms with E-state index in [9.17, 15) is 9.90 Å². The van der Waals surface area contributed by atoms with Gasteiger partial charge in [-0.05, 0) is 20.3 Å². The third-order valence-corrected chi connectivity index (χ3v) is 3.56. The molecule has 1 N–H and O–H groups in total. The summed E-state index contributed by atoms with van der Waals surface area (Å²) < 4.78 is 10.6. The van der Waals surface area contributed by atoms with Gasteiger partial charge >= 0.3 is 0 Å². The van der Waals surface area contributed by atoms with Gasteiger partial charge in [0.05, 0.1) is 14.2 Å². The summed E-state index contributed by atoms with van der Waals surface area (Å²) in [6, 6.07) is 0. The van der Waals surface area contributed by atoms with Crippen LogP contribution in [0.3, 0.4) is 0 Å². The second-order valence-electron chi connectivity index (χ2n) is 4.71. The first-order valence-corrected chi connectivity index (χ1v) is 6.38. The van der Waals surface area contributed by atoms with Gasteiger partial charge in [-0.15, -0.1) is 0 Å². The first-order chi connectivity index (χ1) is 8.90. The van der Waals surface area contributed by atoms with Crippen molar-refractivity contribution in [1.29, 1.82) is 0 Å². The molecule has 4 heteroatoms. The monoisotopic (exact) mass is 266 g/mol. The Kier molecular flexibility index (Phi) is 4.81. The number of carbonyl (C=O) groups is 1. The molecule has 19 heavy (non-hydrogen) atoms. The summed E-state index contributed by atoms with van der Waals surface area (Å²) in [5, 5.41) is 10.1. The van der Waals surface area contributed by atoms with Crippen LogP contribution < -0.4 is 9.47 Å². The fraction of sp³-hybridized carbons (Fsp3) is 0.533. The number of methoxy groups -OCH3 is 2. The van der Waals surface area contributed by atoms with Gasteiger partial charge in [0.15, 0.2) is 5.78 Å². The molecule has 0 aliphatic heterocycles. The van der Waals surface area contributed by atoms with Crippen molar-refractivity contribution in [3.8, 4) is 17.2 Å². The minimum absolute atomic E-state index is 0.0256. The lowest BCUT2D eigenvalue weighted by Gasteiger charge is -2.20. The van der Waals surface area contributed by atoms with E-state index in [4.69, 9.17) is 9.47 Å². The average Bonchev–Trinajstić information content (AvgIpc) is 2.42. The summed E-state index contributed by atoms with van der Waals surface area (Å²) in [7, 11) is 2.98. The van der Waals surface area contributed by atoms with Crippen molar-refractivity contribution < 1.29 is 19.4 Å². The molecule has 1 atom stereocenters. The highest BCUT2D eigenvalue weighted by molar-refractivity contribution is 6.04. The summed E-state index contributed by atoms with van der Waals surface area (Å²) in [5.41, 5.74) is 1.55. The molecule has 0 spiro atoms. The van der Waals surface area contributed by atoms with E-state index in [1.165, 1.54) is 14.2 Å². The SMILES string of the molecule is CCC(C)C(=O)c1c(OC)c(C)c(O)c(C)c1OC. The van der Waals surface area contributed by atoms with Crippen molar-refractivity contribution in [2.24, 2.45) is 5.92 Å². The molecule has 1 aromatic carbocycles. The summed E-state index contributed by atoms with van der Waals surface area (Å²) in [6.45, 7) is 7.29. The van der Waals surface area contributed by atoms with Crippen LogP contribution in [0.4, 0.5) is 0 Å². The fourth-order valence-electron chi connectivity index (χ4n) is 2.14. The minimum Gasteiger partial charge on any atom is -0.507 e. The van der Waals surface area contributed by atoms with Gasteiger partial charge in [0.25, 0.3) is 0 Å². The van der Waals surface area contributed by atoms with Crippen LogP contribution >= 0.6 is 0 Å². The first kappa shape index (κ1) is 15.3. The van der Waals surface area contributed by atoms with Gasteiger partial charge in [-0.2, -0.15) is 0 Å². The van der Waals surface area contributed by atoms with E-state index in [0.29, 0.717) is 28.2 Å². The van der Waals surface area contributed by atoms with Crippen molar-refractivity contribution in [2.45, 2.75) is 34.1 Å². The summed E-state index contributed by atoms with van der Waals surface area (Å²) in [6.07, 6.45) is 0.740. The number of aromatic hydroxyl groups is 1. The number of phenolic OH excluding ortho intramolecular Hbond substituents is 1. The van der Waals surface area contributed by atoms with Crippen LogP contribution in [-0.2, 0) is 0 Å². The maximum Gasteiger partial charge on any atom is 0.173 e. The normalized spacial score (nSPS) is 12.1. The zero-order chi connectivity index (χ0) is 14.7. The smallest absolute Gasteiger partial charge is 0.173 e. The highest BCUT2D eigenvalue weighted by atomic mass is 16.5. The van der Waals surface area contributed by atoms with Gasteiger partial charge in [-0.3, -0.25) is 4.79 Å². The Morgan fingerprint density at radius 1 is 1.16 bits per heavy atom. The van der Waals surface area contributed by atoms with Crippen molar-refractivity contribution >= 4 is 5.78 Å². The molecule has 106 valence electrons. The number of benzene rings is 1. The molecule has 1 unspecified atom stereocenters. The van der Waals surface area contributed by atoms with E-state index in [1.807, 2.05) is 13.8 Å². The van der Waals surface area contributed by atoms with Gasteiger partial charge in [0.2, 0.25) is 0 Å². The molecule has 0 fully saturated rings. The molecule has 0 heterocycles. The largest absolute Gasteiger partial charge is 0.507 e. The van der Waals surface area contributed by atoms with Gasteiger partial charge in [-0.25, -0.2) is 0 Å². The second-order valence-corrected chi connectivity index (χ2v) is 4.71. The van der Waals surface area contributed by atoms with E-state index in [2.05, 4.69) is 0 Å². The number of hydrogen-bond acceptors (Lipinski definition) is 4. The Hall–Kier alpha value is -1.71. The molecular weight excluding hydrogens is 244 g/mol. The Labute approximate surface area is 114 Å². The topological polar surface area (TPSA) is 55.8 Å². The van der Waals surface area contributed by atoms with Crippen LogP contribution in [-0.4, -0.2) is 25.1 Å². The summed E-state index contributed by atoms with van der Waals surface area (Å²) in [5.74, 6) is 0.749. The van der Waals surface area contributed by atoms with E-state index >= 15 is 0 Å². The molecule has 0 saturated carbocycles. The maximum absolute atomic E-state index is 12.5. The fourth-order valence-corrected chi connectivity index (χ4v) is 2.14. The van der Waals surface area contributed by atoms with Crippen LogP contribution in [0, 0.1) is 19.8 Å². The summed E-state index contributed by atoms with van der Waals surface area (Å²) >= 11 is 0. The lowest BCUT2D eigenvalue weighted by atomic mass is 9.92. The Bertz CT molecular complexity index is 460. The number of ketones is 1. The van der Waals surface area contributed by atoms with Crippen LogP contribution in [0.25, 0.3) is 0 Å². The molecule has 0 saturated heterocycles. The molecule has 1 aromatic rings. The van der Waals surface area contributed by atoms with Crippen molar-refractivity contribution in [1.82, 2.24) is 0 Å². The zero-order valence-corrected chi connectivity index (χ0v) is 12.5. The Morgan fingerprint density at radius 3 is 1.89 bits per heavy atom. The predicted octanol–water partition coefficient (Wildman–Crippen LogP) is 3.26. The van der Waals surface area contributed by atoms with E-state index < -0.39 is 0 Å². The second kappa shape index (κ2) is 5.95. The number of rotatable bonds is 5. The number of ether oxygens (including phenoxy) is 2. The van der Waals surface area contributed by atoms with Crippen molar-refractivity contribution in [3.63, 3.8) is 0 Å². The van der Waals surface area contributed by atoms with Crippen LogP contribution in [0.5, 0.6) is 17.2 Å². The molecule has 1 rings (SSSR count). The lowest BCUT2D eigenvalue weighted by molar-refractivity contribution is 0.0920. The quantitative estimate of drug-likeness (QED) is 0.831. The number of carbonyl (C=O) groups excluding carboxylic acids is 1. The summed E-state index contributed by atoms with van der Waals surface area (Å²) in [4.78, 5) is 12.5. The third-order valence-electron chi connectivity index (χ3n) is 3.56. The molecule has 0 radical (unpaired) electrons. The molecule has 0 amide bonds. The van der Waals surface area contributed by atoms with Crippen molar-refractivity contribution in [2.75, 3.05) is 14.2 Å². The first-order valence-electron chi connectivity index (χ1n) is 6.38.